The first-order valence-electron chi connectivity index (χ1n) is 7.54. The molecule has 1 fully saturated rings. The number of ether oxygens (including phenoxy) is 1. The third-order valence-electron chi connectivity index (χ3n) is 3.86. The summed E-state index contributed by atoms with van der Waals surface area (Å²) in [6, 6.07) is 4.82. The van der Waals surface area contributed by atoms with E-state index >= 15 is 0 Å². The fraction of sp³-hybridized carbons (Fsp3) is 0.588. The third kappa shape index (κ3) is 4.27. The number of nitrogens with one attached hydrogen (secondary N) is 1. The molecule has 0 spiro atoms. The van der Waals surface area contributed by atoms with Crippen molar-refractivity contribution in [1.82, 2.24) is 5.32 Å². The van der Waals surface area contributed by atoms with E-state index in [4.69, 9.17) is 4.74 Å². The molecule has 0 atom stereocenters. The van der Waals surface area contributed by atoms with Gasteiger partial charge in [0, 0.05) is 0 Å². The molecular formula is C17H24FNO2. The smallest absolute Gasteiger partial charge is 0.311 e. The molecule has 0 aromatic heterocycles. The number of carbonyl (C=O) groups excluding carboxylic acids is 1. The second-order valence-electron chi connectivity index (χ2n) is 6.69. The Kier molecular flexibility index (Phi) is 4.99. The first kappa shape index (κ1) is 16.0. The SMILES string of the molecule is CC(C)(C)C(=O)OCc1cc(F)ccc1C1CCNCC1. The minimum absolute atomic E-state index is 0.146. The van der Waals surface area contributed by atoms with E-state index in [-0.39, 0.29) is 18.4 Å². The van der Waals surface area contributed by atoms with Crippen LogP contribution in [0.5, 0.6) is 0 Å². The highest BCUT2D eigenvalue weighted by molar-refractivity contribution is 5.75. The van der Waals surface area contributed by atoms with Crippen LogP contribution in [0.15, 0.2) is 18.2 Å². The first-order valence-corrected chi connectivity index (χ1v) is 7.54. The lowest BCUT2D eigenvalue weighted by molar-refractivity contribution is -0.154. The number of carbonyl (C=O) groups is 1. The Hall–Kier alpha value is -1.42. The van der Waals surface area contributed by atoms with E-state index in [1.165, 1.54) is 12.1 Å². The van der Waals surface area contributed by atoms with Crippen LogP contribution in [-0.2, 0) is 16.1 Å². The van der Waals surface area contributed by atoms with Gasteiger partial charge in [0.15, 0.2) is 0 Å². The Balaban J connectivity index is 2.13. The Bertz CT molecular complexity index is 502. The lowest BCUT2D eigenvalue weighted by Gasteiger charge is -2.25. The van der Waals surface area contributed by atoms with E-state index in [1.54, 1.807) is 0 Å². The fourth-order valence-electron chi connectivity index (χ4n) is 2.59. The molecule has 1 aromatic rings. The molecule has 0 aliphatic carbocycles. The van der Waals surface area contributed by atoms with Crippen LogP contribution in [0.2, 0.25) is 0 Å². The Morgan fingerprint density at radius 3 is 2.62 bits per heavy atom. The summed E-state index contributed by atoms with van der Waals surface area (Å²) in [7, 11) is 0. The van der Waals surface area contributed by atoms with Crippen LogP contribution < -0.4 is 5.32 Å². The molecule has 0 saturated carbocycles. The molecule has 116 valence electrons. The second-order valence-corrected chi connectivity index (χ2v) is 6.69. The minimum atomic E-state index is -0.539. The molecule has 3 nitrogen and oxygen atoms in total. The number of piperidine rings is 1. The van der Waals surface area contributed by atoms with Crippen LogP contribution in [0.4, 0.5) is 4.39 Å². The lowest BCUT2D eigenvalue weighted by Crippen LogP contribution is -2.27. The maximum Gasteiger partial charge on any atom is 0.311 e. The number of hydrogen-bond acceptors (Lipinski definition) is 3. The van der Waals surface area contributed by atoms with Crippen LogP contribution in [0.3, 0.4) is 0 Å². The summed E-state index contributed by atoms with van der Waals surface area (Å²) in [6.07, 6.45) is 2.07. The van der Waals surface area contributed by atoms with Crippen LogP contribution in [0.25, 0.3) is 0 Å². The highest BCUT2D eigenvalue weighted by atomic mass is 19.1. The zero-order chi connectivity index (χ0) is 15.5. The van der Waals surface area contributed by atoms with Gasteiger partial charge in [0.1, 0.15) is 12.4 Å². The van der Waals surface area contributed by atoms with Crippen molar-refractivity contribution in [2.75, 3.05) is 13.1 Å². The van der Waals surface area contributed by atoms with Crippen LogP contribution in [0.1, 0.15) is 50.7 Å². The van der Waals surface area contributed by atoms with Gasteiger partial charge in [0.2, 0.25) is 0 Å². The molecule has 0 amide bonds. The molecule has 1 aliphatic heterocycles. The molecule has 1 saturated heterocycles. The second kappa shape index (κ2) is 6.56. The van der Waals surface area contributed by atoms with Gasteiger partial charge in [-0.1, -0.05) is 6.07 Å². The predicted octanol–water partition coefficient (Wildman–Crippen LogP) is 3.38. The molecule has 21 heavy (non-hydrogen) atoms. The molecule has 1 aliphatic rings. The van der Waals surface area contributed by atoms with Crippen molar-refractivity contribution >= 4 is 5.97 Å². The van der Waals surface area contributed by atoms with Gasteiger partial charge in [-0.25, -0.2) is 4.39 Å². The Morgan fingerprint density at radius 1 is 1.33 bits per heavy atom. The highest BCUT2D eigenvalue weighted by Gasteiger charge is 2.24. The summed E-state index contributed by atoms with van der Waals surface area (Å²) in [5.74, 6) is -0.132. The molecule has 0 unspecified atom stereocenters. The van der Waals surface area contributed by atoms with Crippen LogP contribution in [0, 0.1) is 11.2 Å². The standard InChI is InChI=1S/C17H24FNO2/c1-17(2,3)16(20)21-11-13-10-14(18)4-5-15(13)12-6-8-19-9-7-12/h4-5,10,12,19H,6-9,11H2,1-3H3. The molecule has 1 aromatic carbocycles. The molecule has 1 heterocycles. The van der Waals surface area contributed by atoms with Gasteiger partial charge in [-0.05, 0) is 75.9 Å². The summed E-state index contributed by atoms with van der Waals surface area (Å²) in [5, 5.41) is 3.33. The number of esters is 1. The average molecular weight is 293 g/mol. The van der Waals surface area contributed by atoms with Crippen molar-refractivity contribution in [3.05, 3.63) is 35.1 Å². The minimum Gasteiger partial charge on any atom is -0.460 e. The van der Waals surface area contributed by atoms with Crippen LogP contribution >= 0.6 is 0 Å². The molecule has 0 bridgehead atoms. The van der Waals surface area contributed by atoms with Crippen molar-refractivity contribution in [1.29, 1.82) is 0 Å². The zero-order valence-corrected chi connectivity index (χ0v) is 13.0. The fourth-order valence-corrected chi connectivity index (χ4v) is 2.59. The van der Waals surface area contributed by atoms with Crippen LogP contribution in [-0.4, -0.2) is 19.1 Å². The number of halogens is 1. The van der Waals surface area contributed by atoms with Gasteiger partial charge in [-0.2, -0.15) is 0 Å². The lowest BCUT2D eigenvalue weighted by atomic mass is 9.87. The van der Waals surface area contributed by atoms with E-state index in [0.29, 0.717) is 5.92 Å². The molecule has 2 rings (SSSR count). The number of rotatable bonds is 3. The summed E-state index contributed by atoms with van der Waals surface area (Å²) in [4.78, 5) is 11.9. The first-order chi connectivity index (χ1) is 9.88. The summed E-state index contributed by atoms with van der Waals surface area (Å²) in [6.45, 7) is 7.54. The maximum atomic E-state index is 13.5. The van der Waals surface area contributed by atoms with Crippen molar-refractivity contribution in [3.8, 4) is 0 Å². The van der Waals surface area contributed by atoms with Crippen molar-refractivity contribution < 1.29 is 13.9 Å². The third-order valence-corrected chi connectivity index (χ3v) is 3.86. The quantitative estimate of drug-likeness (QED) is 0.868. The van der Waals surface area contributed by atoms with E-state index in [9.17, 15) is 9.18 Å². The zero-order valence-electron chi connectivity index (χ0n) is 13.0. The largest absolute Gasteiger partial charge is 0.460 e. The average Bonchev–Trinajstić information content (AvgIpc) is 2.44. The molecule has 1 N–H and O–H groups in total. The summed E-state index contributed by atoms with van der Waals surface area (Å²) >= 11 is 0. The van der Waals surface area contributed by atoms with E-state index < -0.39 is 5.41 Å². The Morgan fingerprint density at radius 2 is 2.00 bits per heavy atom. The van der Waals surface area contributed by atoms with E-state index in [0.717, 1.165) is 37.1 Å². The van der Waals surface area contributed by atoms with Gasteiger partial charge in [-0.15, -0.1) is 0 Å². The van der Waals surface area contributed by atoms with Gasteiger partial charge in [0.25, 0.3) is 0 Å². The highest BCUT2D eigenvalue weighted by Crippen LogP contribution is 2.29. The monoisotopic (exact) mass is 293 g/mol. The summed E-state index contributed by atoms with van der Waals surface area (Å²) in [5.41, 5.74) is 1.36. The maximum absolute atomic E-state index is 13.5. The molecule has 4 heteroatoms. The van der Waals surface area contributed by atoms with E-state index in [2.05, 4.69) is 5.32 Å². The van der Waals surface area contributed by atoms with Gasteiger partial charge in [-0.3, -0.25) is 4.79 Å². The number of hydrogen-bond donors (Lipinski definition) is 1. The topological polar surface area (TPSA) is 38.3 Å². The van der Waals surface area contributed by atoms with Crippen molar-refractivity contribution in [3.63, 3.8) is 0 Å². The van der Waals surface area contributed by atoms with E-state index in [1.807, 2.05) is 26.8 Å². The predicted molar refractivity (Wildman–Crippen MR) is 80.5 cm³/mol. The Labute approximate surface area is 125 Å². The van der Waals surface area contributed by atoms with Crippen molar-refractivity contribution in [2.45, 2.75) is 46.1 Å². The molecule has 0 radical (unpaired) electrons. The van der Waals surface area contributed by atoms with Crippen molar-refractivity contribution in [2.24, 2.45) is 5.41 Å². The van der Waals surface area contributed by atoms with Gasteiger partial charge in [0.05, 0.1) is 5.41 Å². The van der Waals surface area contributed by atoms with Gasteiger partial charge < -0.3 is 10.1 Å². The number of benzene rings is 1. The summed E-state index contributed by atoms with van der Waals surface area (Å²) < 4.78 is 18.9. The normalized spacial score (nSPS) is 16.8. The van der Waals surface area contributed by atoms with Gasteiger partial charge >= 0.3 is 5.97 Å². The molecular weight excluding hydrogens is 269 g/mol.